The van der Waals surface area contributed by atoms with Gasteiger partial charge in [0.1, 0.15) is 10.2 Å². The maximum absolute atomic E-state index is 11.8. The molecule has 3 rings (SSSR count). The average molecular weight is 393 g/mol. The highest BCUT2D eigenvalue weighted by Crippen LogP contribution is 2.18. The number of ether oxygens (including phenoxy) is 1. The molecule has 2 heterocycles. The molecule has 24 heavy (non-hydrogen) atoms. The van der Waals surface area contributed by atoms with Gasteiger partial charge in [0.15, 0.2) is 5.82 Å². The third kappa shape index (κ3) is 3.46. The lowest BCUT2D eigenvalue weighted by Gasteiger charge is -2.03. The lowest BCUT2D eigenvalue weighted by atomic mass is 10.1. The van der Waals surface area contributed by atoms with Crippen LogP contribution in [-0.2, 0) is 11.3 Å². The first-order chi connectivity index (χ1) is 11.6. The van der Waals surface area contributed by atoms with Crippen LogP contribution in [0.15, 0.2) is 44.4 Å². The molecule has 124 valence electrons. The third-order valence-corrected chi connectivity index (χ3v) is 3.81. The van der Waals surface area contributed by atoms with Crippen molar-refractivity contribution in [1.82, 2.24) is 19.9 Å². The van der Waals surface area contributed by atoms with Gasteiger partial charge in [-0.1, -0.05) is 29.4 Å². The highest BCUT2D eigenvalue weighted by atomic mass is 79.9. The van der Waals surface area contributed by atoms with Crippen LogP contribution in [0, 0.1) is 0 Å². The van der Waals surface area contributed by atoms with Crippen LogP contribution >= 0.6 is 15.9 Å². The summed E-state index contributed by atoms with van der Waals surface area (Å²) in [7, 11) is 0. The lowest BCUT2D eigenvalue weighted by molar-refractivity contribution is 0.0525. The van der Waals surface area contributed by atoms with Gasteiger partial charge in [-0.05, 0) is 28.4 Å². The number of aromatic amines is 1. The summed E-state index contributed by atoms with van der Waals surface area (Å²) in [5, 5.41) is 7.88. The Morgan fingerprint density at radius 1 is 1.38 bits per heavy atom. The van der Waals surface area contributed by atoms with E-state index in [1.54, 1.807) is 17.8 Å². The molecular weight excluding hydrogens is 380 g/mol. The van der Waals surface area contributed by atoms with Crippen LogP contribution in [0.5, 0.6) is 0 Å². The summed E-state index contributed by atoms with van der Waals surface area (Å²) in [5.74, 6) is -0.638. The quantitative estimate of drug-likeness (QED) is 0.667. The first-order valence-corrected chi connectivity index (χ1v) is 7.91. The number of esters is 1. The number of H-pyrrole nitrogens is 1. The average Bonchev–Trinajstić information content (AvgIpc) is 3.14. The van der Waals surface area contributed by atoms with E-state index in [1.165, 1.54) is 0 Å². The van der Waals surface area contributed by atoms with Crippen molar-refractivity contribution in [2.75, 3.05) is 6.61 Å². The van der Waals surface area contributed by atoms with Crippen LogP contribution in [0.4, 0.5) is 0 Å². The van der Waals surface area contributed by atoms with Gasteiger partial charge in [-0.15, -0.1) is 0 Å². The molecule has 0 aliphatic heterocycles. The van der Waals surface area contributed by atoms with Crippen molar-refractivity contribution in [3.8, 4) is 11.4 Å². The van der Waals surface area contributed by atoms with Gasteiger partial charge in [-0.25, -0.2) is 9.59 Å². The van der Waals surface area contributed by atoms with E-state index in [4.69, 9.17) is 4.74 Å². The minimum Gasteiger partial charge on any atom is -0.462 e. The number of hydrogen-bond donors (Lipinski definition) is 1. The Morgan fingerprint density at radius 2 is 2.12 bits per heavy atom. The molecule has 9 heteroatoms. The summed E-state index contributed by atoms with van der Waals surface area (Å²) >= 11 is 3.26. The van der Waals surface area contributed by atoms with Crippen molar-refractivity contribution in [2.24, 2.45) is 0 Å². The number of nitrogens with zero attached hydrogens (tertiary/aromatic N) is 3. The summed E-state index contributed by atoms with van der Waals surface area (Å²) in [6, 6.07) is 7.38. The van der Waals surface area contributed by atoms with E-state index in [-0.39, 0.29) is 0 Å². The van der Waals surface area contributed by atoms with Crippen LogP contribution in [0.3, 0.4) is 0 Å². The smallest absolute Gasteiger partial charge is 0.439 e. The third-order valence-electron chi connectivity index (χ3n) is 3.22. The fourth-order valence-corrected chi connectivity index (χ4v) is 2.60. The minimum atomic E-state index is -0.595. The fraction of sp³-hybridized carbons (Fsp3) is 0.200. The molecule has 2 aromatic heterocycles. The molecule has 0 fully saturated rings. The molecule has 0 bridgehead atoms. The van der Waals surface area contributed by atoms with E-state index >= 15 is 0 Å². The van der Waals surface area contributed by atoms with Gasteiger partial charge >= 0.3 is 11.7 Å². The van der Waals surface area contributed by atoms with Crippen molar-refractivity contribution in [1.29, 1.82) is 0 Å². The van der Waals surface area contributed by atoms with Gasteiger partial charge in [0.05, 0.1) is 13.2 Å². The Bertz CT molecular complexity index is 910. The highest BCUT2D eigenvalue weighted by molar-refractivity contribution is 9.10. The maximum Gasteiger partial charge on any atom is 0.439 e. The molecule has 0 unspecified atom stereocenters. The predicted octanol–water partition coefficient (Wildman–Crippen LogP) is 2.21. The Balaban J connectivity index is 1.76. The molecular formula is C15H13BrN4O4. The van der Waals surface area contributed by atoms with Crippen molar-refractivity contribution < 1.29 is 14.1 Å². The number of aromatic nitrogens is 4. The Kier molecular flexibility index (Phi) is 4.61. The zero-order valence-electron chi connectivity index (χ0n) is 12.7. The van der Waals surface area contributed by atoms with E-state index in [9.17, 15) is 9.59 Å². The second kappa shape index (κ2) is 6.83. The molecule has 0 radical (unpaired) electrons. The maximum atomic E-state index is 11.8. The number of nitrogens with one attached hydrogen (secondary N) is 1. The number of hydrogen-bond acceptors (Lipinski definition) is 6. The largest absolute Gasteiger partial charge is 0.462 e. The zero-order chi connectivity index (χ0) is 17.1. The molecule has 0 aliphatic carbocycles. The number of carbonyl (C=O) groups is 1. The molecule has 0 aliphatic rings. The molecule has 1 N–H and O–H groups in total. The van der Waals surface area contributed by atoms with E-state index in [1.807, 2.05) is 24.3 Å². The Labute approximate surface area is 144 Å². The van der Waals surface area contributed by atoms with Crippen molar-refractivity contribution in [3.05, 3.63) is 56.7 Å². The molecule has 0 saturated heterocycles. The van der Waals surface area contributed by atoms with Crippen LogP contribution in [0.25, 0.3) is 11.4 Å². The number of rotatable bonds is 5. The topological polar surface area (TPSA) is 103 Å². The summed E-state index contributed by atoms with van der Waals surface area (Å²) in [4.78, 5) is 25.2. The summed E-state index contributed by atoms with van der Waals surface area (Å²) in [6.07, 6.45) is 1.63. The summed E-state index contributed by atoms with van der Waals surface area (Å²) < 4.78 is 11.5. The minimum absolute atomic E-state index is 0.308. The number of benzene rings is 1. The highest BCUT2D eigenvalue weighted by Gasteiger charge is 2.15. The van der Waals surface area contributed by atoms with Gasteiger partial charge in [-0.2, -0.15) is 5.10 Å². The van der Waals surface area contributed by atoms with Gasteiger partial charge in [0.25, 0.3) is 0 Å². The molecule has 0 amide bonds. The van der Waals surface area contributed by atoms with E-state index < -0.39 is 11.7 Å². The standard InChI is InChI=1S/C15H13BrN4O4/c1-2-23-14(21)11-8-20(18-12(11)16)7-9-3-5-10(6-4-9)13-17-15(22)24-19-13/h3-6,8H,2,7H2,1H3,(H,17,19,22). The second-order valence-electron chi connectivity index (χ2n) is 4.89. The van der Waals surface area contributed by atoms with Crippen LogP contribution in [0.2, 0.25) is 0 Å². The Morgan fingerprint density at radius 3 is 2.75 bits per heavy atom. The van der Waals surface area contributed by atoms with E-state index in [2.05, 4.69) is 35.7 Å². The van der Waals surface area contributed by atoms with Crippen molar-refractivity contribution >= 4 is 21.9 Å². The second-order valence-corrected chi connectivity index (χ2v) is 5.64. The summed E-state index contributed by atoms with van der Waals surface area (Å²) in [5.41, 5.74) is 2.09. The van der Waals surface area contributed by atoms with Crippen molar-refractivity contribution in [2.45, 2.75) is 13.5 Å². The first-order valence-electron chi connectivity index (χ1n) is 7.12. The van der Waals surface area contributed by atoms with E-state index in [0.717, 1.165) is 11.1 Å². The fourth-order valence-electron chi connectivity index (χ4n) is 2.13. The Hall–Kier alpha value is -2.68. The lowest BCUT2D eigenvalue weighted by Crippen LogP contribution is -2.04. The van der Waals surface area contributed by atoms with Gasteiger partial charge < -0.3 is 4.74 Å². The predicted molar refractivity (Wildman–Crippen MR) is 87.5 cm³/mol. The van der Waals surface area contributed by atoms with Gasteiger partial charge in [0, 0.05) is 11.8 Å². The normalized spacial score (nSPS) is 10.8. The molecule has 3 aromatic rings. The van der Waals surface area contributed by atoms with E-state index in [0.29, 0.717) is 29.1 Å². The van der Waals surface area contributed by atoms with Crippen LogP contribution in [-0.4, -0.2) is 32.5 Å². The zero-order valence-corrected chi connectivity index (χ0v) is 14.2. The van der Waals surface area contributed by atoms with Crippen LogP contribution < -0.4 is 5.76 Å². The molecule has 0 atom stereocenters. The molecule has 8 nitrogen and oxygen atoms in total. The molecule has 1 aromatic carbocycles. The SMILES string of the molecule is CCOC(=O)c1cn(Cc2ccc(-c3noc(=O)[nH]3)cc2)nc1Br. The summed E-state index contributed by atoms with van der Waals surface area (Å²) in [6.45, 7) is 2.54. The van der Waals surface area contributed by atoms with Crippen LogP contribution in [0.1, 0.15) is 22.8 Å². The van der Waals surface area contributed by atoms with Gasteiger partial charge in [0.2, 0.25) is 0 Å². The first kappa shape index (κ1) is 16.2. The number of halogens is 1. The molecule has 0 spiro atoms. The number of carbonyl (C=O) groups excluding carboxylic acids is 1. The monoisotopic (exact) mass is 392 g/mol. The molecule has 0 saturated carbocycles. The van der Waals surface area contributed by atoms with Gasteiger partial charge in [-0.3, -0.25) is 14.2 Å². The van der Waals surface area contributed by atoms with Crippen molar-refractivity contribution in [3.63, 3.8) is 0 Å².